The SMILES string of the molecule is Cc1cc(F)ccc1S(=O)(=O)N1CCC(C(=O)N2CCCC2)CC1. The first-order valence-corrected chi connectivity index (χ1v) is 9.88. The molecule has 0 radical (unpaired) electrons. The number of likely N-dealkylation sites (tertiary alicyclic amines) is 1. The number of carbonyl (C=O) groups excluding carboxylic acids is 1. The van der Waals surface area contributed by atoms with Gasteiger partial charge in [0.1, 0.15) is 5.82 Å². The van der Waals surface area contributed by atoms with Crippen molar-refractivity contribution in [1.29, 1.82) is 0 Å². The highest BCUT2D eigenvalue weighted by Crippen LogP contribution is 2.27. The van der Waals surface area contributed by atoms with Gasteiger partial charge < -0.3 is 4.90 Å². The molecule has 1 amide bonds. The molecule has 2 aliphatic rings. The van der Waals surface area contributed by atoms with E-state index in [1.165, 1.54) is 22.5 Å². The summed E-state index contributed by atoms with van der Waals surface area (Å²) >= 11 is 0. The largest absolute Gasteiger partial charge is 0.342 e. The molecule has 0 aliphatic carbocycles. The summed E-state index contributed by atoms with van der Waals surface area (Å²) in [4.78, 5) is 14.5. The van der Waals surface area contributed by atoms with Crippen LogP contribution in [0.5, 0.6) is 0 Å². The van der Waals surface area contributed by atoms with Gasteiger partial charge in [-0.2, -0.15) is 4.31 Å². The van der Waals surface area contributed by atoms with E-state index in [1.807, 2.05) is 4.90 Å². The van der Waals surface area contributed by atoms with Crippen molar-refractivity contribution in [1.82, 2.24) is 9.21 Å². The number of sulfonamides is 1. The molecule has 7 heteroatoms. The lowest BCUT2D eigenvalue weighted by molar-refractivity contribution is -0.135. The summed E-state index contributed by atoms with van der Waals surface area (Å²) in [6, 6.07) is 3.72. The van der Waals surface area contributed by atoms with Crippen LogP contribution in [0.2, 0.25) is 0 Å². The van der Waals surface area contributed by atoms with Crippen molar-refractivity contribution >= 4 is 15.9 Å². The van der Waals surface area contributed by atoms with E-state index in [9.17, 15) is 17.6 Å². The lowest BCUT2D eigenvalue weighted by Gasteiger charge is -2.32. The number of aryl methyl sites for hydroxylation is 1. The molecule has 0 N–H and O–H groups in total. The monoisotopic (exact) mass is 354 g/mol. The minimum absolute atomic E-state index is 0.0798. The first-order valence-electron chi connectivity index (χ1n) is 8.44. The molecule has 2 heterocycles. The average Bonchev–Trinajstić information content (AvgIpc) is 3.08. The number of amides is 1. The van der Waals surface area contributed by atoms with Crippen LogP contribution in [0.15, 0.2) is 23.1 Å². The Hall–Kier alpha value is -1.47. The van der Waals surface area contributed by atoms with Crippen LogP contribution < -0.4 is 0 Å². The number of carbonyl (C=O) groups is 1. The van der Waals surface area contributed by atoms with Gasteiger partial charge >= 0.3 is 0 Å². The third-order valence-electron chi connectivity index (χ3n) is 4.98. The molecule has 0 bridgehead atoms. The quantitative estimate of drug-likeness (QED) is 0.836. The molecule has 1 aromatic rings. The van der Waals surface area contributed by atoms with Gasteiger partial charge in [0.25, 0.3) is 0 Å². The maximum atomic E-state index is 13.2. The minimum Gasteiger partial charge on any atom is -0.342 e. The molecule has 1 aromatic carbocycles. The predicted octanol–water partition coefficient (Wildman–Crippen LogP) is 2.16. The third kappa shape index (κ3) is 3.32. The highest BCUT2D eigenvalue weighted by atomic mass is 32.2. The summed E-state index contributed by atoms with van der Waals surface area (Å²) in [5.74, 6) is -0.354. The zero-order chi connectivity index (χ0) is 17.3. The maximum absolute atomic E-state index is 13.2. The number of hydrogen-bond donors (Lipinski definition) is 0. The second-order valence-corrected chi connectivity index (χ2v) is 8.53. The second-order valence-electron chi connectivity index (χ2n) is 6.62. The second kappa shape index (κ2) is 6.80. The van der Waals surface area contributed by atoms with Crippen molar-refractivity contribution < 1.29 is 17.6 Å². The van der Waals surface area contributed by atoms with Crippen LogP contribution in [-0.2, 0) is 14.8 Å². The summed E-state index contributed by atoms with van der Waals surface area (Å²) in [5, 5.41) is 0. The van der Waals surface area contributed by atoms with Crippen LogP contribution in [0.3, 0.4) is 0 Å². The zero-order valence-corrected chi connectivity index (χ0v) is 14.7. The van der Waals surface area contributed by atoms with Crippen molar-refractivity contribution in [2.24, 2.45) is 5.92 Å². The maximum Gasteiger partial charge on any atom is 0.243 e. The highest BCUT2D eigenvalue weighted by molar-refractivity contribution is 7.89. The van der Waals surface area contributed by atoms with Crippen molar-refractivity contribution in [2.45, 2.75) is 37.5 Å². The van der Waals surface area contributed by atoms with Crippen LogP contribution in [0.1, 0.15) is 31.2 Å². The topological polar surface area (TPSA) is 57.7 Å². The van der Waals surface area contributed by atoms with Crippen molar-refractivity contribution in [3.63, 3.8) is 0 Å². The van der Waals surface area contributed by atoms with Crippen LogP contribution >= 0.6 is 0 Å². The molecule has 0 saturated carbocycles. The molecule has 132 valence electrons. The summed E-state index contributed by atoms with van der Waals surface area (Å²) in [7, 11) is -3.64. The standard InChI is InChI=1S/C17H23FN2O3S/c1-13-12-15(18)4-5-16(13)24(22,23)20-10-6-14(7-11-20)17(21)19-8-2-3-9-19/h4-5,12,14H,2-3,6-11H2,1H3. The summed E-state index contributed by atoms with van der Waals surface area (Å²) in [6.45, 7) is 3.92. The molecule has 5 nitrogen and oxygen atoms in total. The Balaban J connectivity index is 1.68. The van der Waals surface area contributed by atoms with E-state index in [0.29, 0.717) is 31.5 Å². The zero-order valence-electron chi connectivity index (χ0n) is 13.9. The fraction of sp³-hybridized carbons (Fsp3) is 0.588. The van der Waals surface area contributed by atoms with E-state index in [0.717, 1.165) is 25.9 Å². The molecule has 0 unspecified atom stereocenters. The Labute approximate surface area is 142 Å². The van der Waals surface area contributed by atoms with E-state index < -0.39 is 15.8 Å². The van der Waals surface area contributed by atoms with Gasteiger partial charge in [-0.15, -0.1) is 0 Å². The molecule has 2 aliphatic heterocycles. The average molecular weight is 354 g/mol. The van der Waals surface area contributed by atoms with Gasteiger partial charge in [0, 0.05) is 32.1 Å². The van der Waals surface area contributed by atoms with Crippen LogP contribution in [-0.4, -0.2) is 49.7 Å². The van der Waals surface area contributed by atoms with Gasteiger partial charge in [-0.25, -0.2) is 12.8 Å². The molecule has 2 fully saturated rings. The lowest BCUT2D eigenvalue weighted by Crippen LogP contribution is -2.43. The molecule has 0 spiro atoms. The lowest BCUT2D eigenvalue weighted by atomic mass is 9.97. The highest BCUT2D eigenvalue weighted by Gasteiger charge is 2.34. The van der Waals surface area contributed by atoms with Gasteiger partial charge in [0.15, 0.2) is 0 Å². The van der Waals surface area contributed by atoms with Gasteiger partial charge in [0.2, 0.25) is 15.9 Å². The van der Waals surface area contributed by atoms with Gasteiger partial charge in [-0.1, -0.05) is 0 Å². The fourth-order valence-electron chi connectivity index (χ4n) is 3.58. The summed E-state index contributed by atoms with van der Waals surface area (Å²) in [6.07, 6.45) is 3.22. The first-order chi connectivity index (χ1) is 11.4. The Morgan fingerprint density at radius 2 is 1.75 bits per heavy atom. The Morgan fingerprint density at radius 1 is 1.12 bits per heavy atom. The number of piperidine rings is 1. The van der Waals surface area contributed by atoms with E-state index in [4.69, 9.17) is 0 Å². The van der Waals surface area contributed by atoms with E-state index >= 15 is 0 Å². The smallest absolute Gasteiger partial charge is 0.243 e. The molecule has 2 saturated heterocycles. The molecule has 3 rings (SSSR count). The first kappa shape index (κ1) is 17.4. The third-order valence-corrected chi connectivity index (χ3v) is 7.03. The van der Waals surface area contributed by atoms with Gasteiger partial charge in [-0.3, -0.25) is 4.79 Å². The number of nitrogens with zero attached hydrogens (tertiary/aromatic N) is 2. The molecule has 24 heavy (non-hydrogen) atoms. The molecular formula is C17H23FN2O3S. The van der Waals surface area contributed by atoms with E-state index in [-0.39, 0.29) is 16.7 Å². The molecule has 0 atom stereocenters. The van der Waals surface area contributed by atoms with Gasteiger partial charge in [0.05, 0.1) is 4.90 Å². The summed E-state index contributed by atoms with van der Waals surface area (Å²) in [5.41, 5.74) is 0.408. The normalized spacial score (nSPS) is 20.5. The number of benzene rings is 1. The Morgan fingerprint density at radius 3 is 2.33 bits per heavy atom. The Kier molecular flexibility index (Phi) is 4.92. The number of rotatable bonds is 3. The fourth-order valence-corrected chi connectivity index (χ4v) is 5.26. The number of halogens is 1. The predicted molar refractivity (Wildman–Crippen MR) is 88.4 cm³/mol. The van der Waals surface area contributed by atoms with Crippen molar-refractivity contribution in [2.75, 3.05) is 26.2 Å². The van der Waals surface area contributed by atoms with Crippen LogP contribution in [0, 0.1) is 18.7 Å². The van der Waals surface area contributed by atoms with E-state index in [1.54, 1.807) is 6.92 Å². The van der Waals surface area contributed by atoms with Gasteiger partial charge in [-0.05, 0) is 56.4 Å². The Bertz CT molecular complexity index is 721. The van der Waals surface area contributed by atoms with Crippen molar-refractivity contribution in [3.05, 3.63) is 29.6 Å². The minimum atomic E-state index is -3.64. The summed E-state index contributed by atoms with van der Waals surface area (Å²) < 4.78 is 40.2. The van der Waals surface area contributed by atoms with Crippen LogP contribution in [0.4, 0.5) is 4.39 Å². The number of hydrogen-bond acceptors (Lipinski definition) is 3. The van der Waals surface area contributed by atoms with Crippen molar-refractivity contribution in [3.8, 4) is 0 Å². The van der Waals surface area contributed by atoms with E-state index in [2.05, 4.69) is 0 Å². The molecule has 0 aromatic heterocycles. The molecular weight excluding hydrogens is 331 g/mol. The van der Waals surface area contributed by atoms with Crippen LogP contribution in [0.25, 0.3) is 0 Å².